The molecule has 11 nitrogen and oxygen atoms in total. The van der Waals surface area contributed by atoms with E-state index in [1.807, 2.05) is 0 Å². The molecule has 35 heavy (non-hydrogen) atoms. The van der Waals surface area contributed by atoms with E-state index in [1.54, 1.807) is 18.2 Å². The van der Waals surface area contributed by atoms with E-state index in [2.05, 4.69) is 0 Å². The molecule has 0 radical (unpaired) electrons. The van der Waals surface area contributed by atoms with Gasteiger partial charge in [-0.15, -0.1) is 0 Å². The van der Waals surface area contributed by atoms with E-state index in [9.17, 15) is 38.9 Å². The Kier molecular flexibility index (Phi) is 13.3. The molecule has 0 aliphatic rings. The molecule has 4 N–H and O–H groups in total. The molecule has 0 heterocycles. The van der Waals surface area contributed by atoms with Crippen LogP contribution in [0.2, 0.25) is 0 Å². The maximum absolute atomic E-state index is 11.9. The molecule has 0 fully saturated rings. The molecular formula is C18H15N2Na3O9S3. The van der Waals surface area contributed by atoms with Crippen molar-refractivity contribution in [3.8, 4) is 0 Å². The third kappa shape index (κ3) is 7.16. The molecule has 0 spiro atoms. The molecule has 0 unspecified atom stereocenters. The first-order valence-electron chi connectivity index (χ1n) is 8.74. The zero-order chi connectivity index (χ0) is 24.1. The van der Waals surface area contributed by atoms with E-state index < -0.39 is 55.8 Å². The van der Waals surface area contributed by atoms with Gasteiger partial charge in [0.25, 0.3) is 0 Å². The molecule has 4 rings (SSSR count). The molecular weight excluding hydrogens is 553 g/mol. The molecule has 0 saturated carbocycles. The van der Waals surface area contributed by atoms with Gasteiger partial charge in [0.2, 0.25) is 0 Å². The van der Waals surface area contributed by atoms with Gasteiger partial charge in [0.1, 0.15) is 30.4 Å². The van der Waals surface area contributed by atoms with Crippen LogP contribution in [0.4, 0.5) is 0 Å². The predicted molar refractivity (Wildman–Crippen MR) is 112 cm³/mol. The van der Waals surface area contributed by atoms with E-state index in [1.165, 1.54) is 12.1 Å². The van der Waals surface area contributed by atoms with Crippen LogP contribution in [0.1, 0.15) is 0 Å². The van der Waals surface area contributed by atoms with Crippen molar-refractivity contribution in [2.75, 3.05) is 13.1 Å². The maximum atomic E-state index is 11.9. The predicted octanol–water partition coefficient (Wildman–Crippen LogP) is -8.79. The summed E-state index contributed by atoms with van der Waals surface area (Å²) in [4.78, 5) is -4.92. The Morgan fingerprint density at radius 1 is 0.543 bits per heavy atom. The van der Waals surface area contributed by atoms with Gasteiger partial charge in [0, 0.05) is 23.9 Å². The summed E-state index contributed by atoms with van der Waals surface area (Å²) >= 11 is 0. The van der Waals surface area contributed by atoms with Gasteiger partial charge < -0.3 is 25.1 Å². The normalized spacial score (nSPS) is 11.8. The van der Waals surface area contributed by atoms with Crippen LogP contribution < -0.4 is 100 Å². The van der Waals surface area contributed by atoms with Gasteiger partial charge in [-0.2, -0.15) is 0 Å². The van der Waals surface area contributed by atoms with Gasteiger partial charge in [-0.05, 0) is 21.5 Å². The van der Waals surface area contributed by atoms with Gasteiger partial charge >= 0.3 is 88.7 Å². The molecule has 0 aromatic heterocycles. The second kappa shape index (κ2) is 13.1. The second-order valence-corrected chi connectivity index (χ2v) is 10.6. The maximum Gasteiger partial charge on any atom is 1.00 e. The summed E-state index contributed by atoms with van der Waals surface area (Å²) in [6.07, 6.45) is 0. The Bertz CT molecular complexity index is 1580. The van der Waals surface area contributed by atoms with Crippen molar-refractivity contribution in [2.24, 2.45) is 11.5 Å². The third-order valence-corrected chi connectivity index (χ3v) is 7.61. The van der Waals surface area contributed by atoms with Crippen molar-refractivity contribution in [3.63, 3.8) is 0 Å². The Morgan fingerprint density at radius 3 is 1.17 bits per heavy atom. The van der Waals surface area contributed by atoms with Crippen LogP contribution in [0.25, 0.3) is 32.3 Å². The Labute approximate surface area is 268 Å². The van der Waals surface area contributed by atoms with Crippen LogP contribution in [0.3, 0.4) is 0 Å². The van der Waals surface area contributed by atoms with Gasteiger partial charge in [0.05, 0.1) is 14.7 Å². The first-order valence-corrected chi connectivity index (χ1v) is 13.0. The van der Waals surface area contributed by atoms with Crippen LogP contribution >= 0.6 is 0 Å². The van der Waals surface area contributed by atoms with Gasteiger partial charge in [-0.25, -0.2) is 25.3 Å². The van der Waals surface area contributed by atoms with E-state index in [0.29, 0.717) is 29.2 Å². The molecule has 172 valence electrons. The Balaban J connectivity index is 0.00000154. The third-order valence-electron chi connectivity index (χ3n) is 4.60. The molecule has 4 aromatic rings. The molecule has 17 heteroatoms. The zero-order valence-electron chi connectivity index (χ0n) is 19.0. The van der Waals surface area contributed by atoms with Crippen LogP contribution in [0, 0.1) is 0 Å². The SMILES string of the molecule is NCCN.O=S(=O)([O-])c1c(S(=O)(=O)[O-])c2ccc3cccc4ccc(c1S(=O)(=O)[O-])c2c34.[Na+].[Na+].[Na+]. The number of benzene rings is 4. The van der Waals surface area contributed by atoms with Crippen LogP contribution in [-0.4, -0.2) is 52.0 Å². The molecule has 4 aromatic carbocycles. The number of nitrogens with two attached hydrogens (primary N) is 2. The average molecular weight is 568 g/mol. The molecule has 0 atom stereocenters. The standard InChI is InChI=1S/C16H10O9S3.C2H8N2.3Na/c17-26(18,19)14-10-6-4-8-2-1-3-9-5-7-11(13(10)12(8)9)15(27(20,21)22)16(14)28(23,24)25;3-1-2-4;;;/h1-7H,(H,17,18,19)(H,20,21,22)(H,23,24,25);1-4H2;;;/q;;3*+1/p-3. The molecule has 0 aliphatic carbocycles. The fraction of sp³-hybridized carbons (Fsp3) is 0.111. The number of hydrogen-bond donors (Lipinski definition) is 2. The van der Waals surface area contributed by atoms with Crippen molar-refractivity contribution in [1.82, 2.24) is 0 Å². The Hall–Kier alpha value is 0.570. The van der Waals surface area contributed by atoms with Crippen molar-refractivity contribution in [2.45, 2.75) is 14.7 Å². The van der Waals surface area contributed by atoms with E-state index in [0.717, 1.165) is 12.1 Å². The monoisotopic (exact) mass is 568 g/mol. The minimum atomic E-state index is -5.83. The minimum absolute atomic E-state index is 0. The minimum Gasteiger partial charge on any atom is -0.744 e. The number of hydrogen-bond acceptors (Lipinski definition) is 11. The van der Waals surface area contributed by atoms with Crippen molar-refractivity contribution < 1.29 is 128 Å². The average Bonchev–Trinajstić information content (AvgIpc) is 2.68. The largest absolute Gasteiger partial charge is 1.00 e. The van der Waals surface area contributed by atoms with Crippen molar-refractivity contribution in [1.29, 1.82) is 0 Å². The Morgan fingerprint density at radius 2 is 0.886 bits per heavy atom. The topological polar surface area (TPSA) is 224 Å². The molecule has 0 saturated heterocycles. The first kappa shape index (κ1) is 35.6. The molecule has 0 bridgehead atoms. The smallest absolute Gasteiger partial charge is 0.744 e. The second-order valence-electron chi connectivity index (χ2n) is 6.61. The first-order chi connectivity index (χ1) is 14.7. The summed E-state index contributed by atoms with van der Waals surface area (Å²) in [5.41, 5.74) is 9.81. The fourth-order valence-corrected chi connectivity index (χ4v) is 7.03. The van der Waals surface area contributed by atoms with E-state index in [4.69, 9.17) is 11.5 Å². The molecule has 0 aliphatic heterocycles. The van der Waals surface area contributed by atoms with Crippen LogP contribution in [0.5, 0.6) is 0 Å². The van der Waals surface area contributed by atoms with Crippen LogP contribution in [-0.2, 0) is 30.4 Å². The summed E-state index contributed by atoms with van der Waals surface area (Å²) in [6, 6.07) is 9.91. The fourth-order valence-electron chi connectivity index (χ4n) is 3.53. The van der Waals surface area contributed by atoms with Crippen molar-refractivity contribution >= 4 is 62.7 Å². The summed E-state index contributed by atoms with van der Waals surface area (Å²) in [5, 5.41) is 0.370. The van der Waals surface area contributed by atoms with E-state index in [-0.39, 0.29) is 94.1 Å². The van der Waals surface area contributed by atoms with Crippen molar-refractivity contribution in [3.05, 3.63) is 42.5 Å². The van der Waals surface area contributed by atoms with E-state index >= 15 is 0 Å². The van der Waals surface area contributed by atoms with Crippen LogP contribution in [0.15, 0.2) is 57.2 Å². The zero-order valence-corrected chi connectivity index (χ0v) is 27.5. The summed E-state index contributed by atoms with van der Waals surface area (Å²) in [5.74, 6) is 0. The van der Waals surface area contributed by atoms with Gasteiger partial charge in [-0.1, -0.05) is 42.5 Å². The summed E-state index contributed by atoms with van der Waals surface area (Å²) in [6.45, 7) is 1.19. The van der Waals surface area contributed by atoms with Gasteiger partial charge in [0.15, 0.2) is 0 Å². The summed E-state index contributed by atoms with van der Waals surface area (Å²) in [7, 11) is -17.1. The number of rotatable bonds is 4. The van der Waals surface area contributed by atoms with Gasteiger partial charge in [-0.3, -0.25) is 0 Å². The quantitative estimate of drug-likeness (QED) is 0.134. The molecule has 0 amide bonds. The summed E-state index contributed by atoms with van der Waals surface area (Å²) < 4.78 is 107.